The summed E-state index contributed by atoms with van der Waals surface area (Å²) in [5, 5.41) is 24.2. The van der Waals surface area contributed by atoms with Gasteiger partial charge in [-0.3, -0.25) is 8.98 Å². The normalized spacial score (nSPS) is 22.6. The summed E-state index contributed by atoms with van der Waals surface area (Å²) in [7, 11) is -2.94. The highest BCUT2D eigenvalue weighted by Gasteiger charge is 2.44. The number of benzene rings is 1. The second kappa shape index (κ2) is 11.3. The summed E-state index contributed by atoms with van der Waals surface area (Å²) in [4.78, 5) is 21.7. The van der Waals surface area contributed by atoms with E-state index in [2.05, 4.69) is 15.3 Å². The second-order valence-corrected chi connectivity index (χ2v) is 11.8. The monoisotopic (exact) mass is 587 g/mol. The molecule has 2 heterocycles. The van der Waals surface area contributed by atoms with Gasteiger partial charge < -0.3 is 21.3 Å². The van der Waals surface area contributed by atoms with Crippen molar-refractivity contribution >= 4 is 56.4 Å². The predicted octanol–water partition coefficient (Wildman–Crippen LogP) is 1.88. The van der Waals surface area contributed by atoms with Gasteiger partial charge in [0.25, 0.3) is 0 Å². The van der Waals surface area contributed by atoms with Gasteiger partial charge in [0.2, 0.25) is 5.78 Å². The number of hydrogen-bond acceptors (Lipinski definition) is 11. The SMILES string of the molecule is CNS(=O)(=O)O[C@@H]1C[C@@H](Nc2ncncc2C(=O)c2cc([C@@H](N)c3cccc(Cl)c3)c(Cl)s2)[C@H](O)[C@H]1O. The van der Waals surface area contributed by atoms with E-state index < -0.39 is 46.5 Å². The molecule has 1 fully saturated rings. The minimum atomic E-state index is -4.10. The third-order valence-electron chi connectivity index (χ3n) is 5.89. The highest BCUT2D eigenvalue weighted by Crippen LogP contribution is 2.36. The minimum absolute atomic E-state index is 0.0790. The first-order valence-corrected chi connectivity index (χ1v) is 13.9. The number of anilines is 1. The zero-order chi connectivity index (χ0) is 26.9. The Hall–Kier alpha value is -2.20. The van der Waals surface area contributed by atoms with E-state index in [9.17, 15) is 23.4 Å². The van der Waals surface area contributed by atoms with Gasteiger partial charge >= 0.3 is 10.3 Å². The van der Waals surface area contributed by atoms with Crippen LogP contribution in [0.25, 0.3) is 0 Å². The van der Waals surface area contributed by atoms with Gasteiger partial charge in [0, 0.05) is 30.3 Å². The van der Waals surface area contributed by atoms with Crippen LogP contribution in [-0.2, 0) is 14.5 Å². The number of carbonyl (C=O) groups is 1. The number of halogens is 2. The molecule has 0 spiro atoms. The average Bonchev–Trinajstić information content (AvgIpc) is 3.38. The first-order valence-electron chi connectivity index (χ1n) is 10.9. The largest absolute Gasteiger partial charge is 0.388 e. The summed E-state index contributed by atoms with van der Waals surface area (Å²) < 4.78 is 30.7. The first kappa shape index (κ1) is 27.8. The molecule has 3 aromatic rings. The number of nitrogens with zero attached hydrogens (tertiary/aromatic N) is 2. The van der Waals surface area contributed by atoms with Crippen molar-refractivity contribution in [2.24, 2.45) is 5.73 Å². The molecule has 198 valence electrons. The summed E-state index contributed by atoms with van der Waals surface area (Å²) >= 11 is 13.5. The fraction of sp³-hybridized carbons (Fsp3) is 0.318. The molecule has 5 atom stereocenters. The minimum Gasteiger partial charge on any atom is -0.388 e. The maximum absolute atomic E-state index is 13.4. The first-order chi connectivity index (χ1) is 17.5. The zero-order valence-electron chi connectivity index (χ0n) is 19.2. The molecule has 0 bridgehead atoms. The van der Waals surface area contributed by atoms with Crippen molar-refractivity contribution in [2.45, 2.75) is 36.8 Å². The summed E-state index contributed by atoms with van der Waals surface area (Å²) in [6, 6.07) is 7.12. The van der Waals surface area contributed by atoms with Crippen LogP contribution >= 0.6 is 34.5 Å². The smallest absolute Gasteiger partial charge is 0.335 e. The molecule has 1 aliphatic rings. The van der Waals surface area contributed by atoms with Crippen LogP contribution in [0.4, 0.5) is 5.82 Å². The maximum atomic E-state index is 13.4. The van der Waals surface area contributed by atoms with Crippen LogP contribution in [0.15, 0.2) is 42.9 Å². The van der Waals surface area contributed by atoms with Gasteiger partial charge in [-0.15, -0.1) is 11.3 Å². The number of hydrogen-bond donors (Lipinski definition) is 5. The molecule has 0 amide bonds. The number of thiophene rings is 1. The molecule has 37 heavy (non-hydrogen) atoms. The van der Waals surface area contributed by atoms with Gasteiger partial charge in [-0.2, -0.15) is 13.1 Å². The predicted molar refractivity (Wildman–Crippen MR) is 139 cm³/mol. The number of carbonyl (C=O) groups excluding carboxylic acids is 1. The number of rotatable bonds is 9. The second-order valence-electron chi connectivity index (χ2n) is 8.25. The van der Waals surface area contributed by atoms with Crippen LogP contribution < -0.4 is 15.8 Å². The van der Waals surface area contributed by atoms with E-state index in [1.165, 1.54) is 12.5 Å². The lowest BCUT2D eigenvalue weighted by Gasteiger charge is -2.19. The average molecular weight is 588 g/mol. The lowest BCUT2D eigenvalue weighted by atomic mass is 10.0. The van der Waals surface area contributed by atoms with Gasteiger partial charge in [0.05, 0.1) is 26.9 Å². The van der Waals surface area contributed by atoms with E-state index in [0.717, 1.165) is 23.9 Å². The van der Waals surface area contributed by atoms with Gasteiger partial charge in [0.15, 0.2) is 0 Å². The Labute approximate surface area is 226 Å². The van der Waals surface area contributed by atoms with Crippen LogP contribution in [-0.4, -0.2) is 65.8 Å². The Kier molecular flexibility index (Phi) is 8.48. The molecule has 11 nitrogen and oxygen atoms in total. The Morgan fingerprint density at radius 3 is 2.73 bits per heavy atom. The number of aliphatic hydroxyl groups is 2. The number of aliphatic hydroxyl groups excluding tert-OH is 2. The van der Waals surface area contributed by atoms with Gasteiger partial charge in [-0.1, -0.05) is 35.3 Å². The number of nitrogens with two attached hydrogens (primary N) is 1. The molecule has 4 rings (SSSR count). The maximum Gasteiger partial charge on any atom is 0.335 e. The fourth-order valence-electron chi connectivity index (χ4n) is 3.94. The van der Waals surface area contributed by atoms with Crippen molar-refractivity contribution in [1.29, 1.82) is 0 Å². The van der Waals surface area contributed by atoms with E-state index in [0.29, 0.717) is 14.9 Å². The standard InChI is InChI=1S/C22H23Cl2N5O6S2/c1-26-37(33,34)35-15-7-14(19(31)20(15)32)29-22-13(8-27-9-28-22)18(30)16-6-12(21(24)36-16)17(25)10-3-2-4-11(23)5-10/h2-6,8-9,14-15,17,19-20,26,31-32H,7,25H2,1H3,(H,27,28,29)/t14-,15-,17+,19+,20+/m1/s1. The molecular formula is C22H23Cl2N5O6S2. The van der Waals surface area contributed by atoms with Crippen LogP contribution in [0.3, 0.4) is 0 Å². The molecule has 2 aromatic heterocycles. The summed E-state index contributed by atoms with van der Waals surface area (Å²) in [6.45, 7) is 0. The van der Waals surface area contributed by atoms with Gasteiger partial charge in [0.1, 0.15) is 30.5 Å². The van der Waals surface area contributed by atoms with Crippen LogP contribution in [0.5, 0.6) is 0 Å². The van der Waals surface area contributed by atoms with Crippen molar-refractivity contribution < 1.29 is 27.6 Å². The molecule has 0 saturated heterocycles. The van der Waals surface area contributed by atoms with Gasteiger partial charge in [-0.05, 0) is 23.8 Å². The van der Waals surface area contributed by atoms with Crippen molar-refractivity contribution in [3.63, 3.8) is 0 Å². The third-order valence-corrected chi connectivity index (χ3v) is 8.51. The number of ketones is 1. The van der Waals surface area contributed by atoms with E-state index in [1.54, 1.807) is 30.3 Å². The Balaban J connectivity index is 1.56. The fourth-order valence-corrected chi connectivity index (χ4v) is 6.06. The summed E-state index contributed by atoms with van der Waals surface area (Å²) in [5.41, 5.74) is 7.73. The zero-order valence-corrected chi connectivity index (χ0v) is 22.4. The van der Waals surface area contributed by atoms with E-state index in [4.69, 9.17) is 33.1 Å². The van der Waals surface area contributed by atoms with Crippen LogP contribution in [0, 0.1) is 0 Å². The Morgan fingerprint density at radius 2 is 2.03 bits per heavy atom. The number of aromatic nitrogens is 2. The topological polar surface area (TPSA) is 177 Å². The molecule has 0 radical (unpaired) electrons. The molecule has 6 N–H and O–H groups in total. The Bertz CT molecular complexity index is 1410. The van der Waals surface area contributed by atoms with Crippen molar-refractivity contribution in [3.05, 3.63) is 73.8 Å². The van der Waals surface area contributed by atoms with Crippen molar-refractivity contribution in [3.8, 4) is 0 Å². The van der Waals surface area contributed by atoms with Crippen LogP contribution in [0.2, 0.25) is 9.36 Å². The molecule has 1 aromatic carbocycles. The van der Waals surface area contributed by atoms with Crippen LogP contribution in [0.1, 0.15) is 38.8 Å². The quantitative estimate of drug-likeness (QED) is 0.232. The van der Waals surface area contributed by atoms with E-state index in [1.807, 2.05) is 4.72 Å². The van der Waals surface area contributed by atoms with Crippen molar-refractivity contribution in [2.75, 3.05) is 12.4 Å². The molecule has 0 aliphatic heterocycles. The number of nitrogens with one attached hydrogen (secondary N) is 2. The van der Waals surface area contributed by atoms with E-state index >= 15 is 0 Å². The molecular weight excluding hydrogens is 565 g/mol. The molecule has 1 saturated carbocycles. The summed E-state index contributed by atoms with van der Waals surface area (Å²) in [5.74, 6) is -0.364. The molecule has 15 heteroatoms. The lowest BCUT2D eigenvalue weighted by molar-refractivity contribution is -0.00882. The summed E-state index contributed by atoms with van der Waals surface area (Å²) in [6.07, 6.45) is -1.67. The van der Waals surface area contributed by atoms with Crippen molar-refractivity contribution in [1.82, 2.24) is 14.7 Å². The highest BCUT2D eigenvalue weighted by atomic mass is 35.5. The highest BCUT2D eigenvalue weighted by molar-refractivity contribution is 7.84. The molecule has 0 unspecified atom stereocenters. The molecule has 1 aliphatic carbocycles. The third kappa shape index (κ3) is 6.11. The Morgan fingerprint density at radius 1 is 1.27 bits per heavy atom. The lowest BCUT2D eigenvalue weighted by Crippen LogP contribution is -2.38. The van der Waals surface area contributed by atoms with Gasteiger partial charge in [-0.25, -0.2) is 9.97 Å². The van der Waals surface area contributed by atoms with E-state index in [-0.39, 0.29) is 22.7 Å².